The molecule has 33 heavy (non-hydrogen) atoms. The van der Waals surface area contributed by atoms with Gasteiger partial charge < -0.3 is 20.3 Å². The number of rotatable bonds is 13. The number of aryl methyl sites for hydroxylation is 2. The van der Waals surface area contributed by atoms with Gasteiger partial charge in [0.15, 0.2) is 0 Å². The molecule has 0 saturated carbocycles. The van der Waals surface area contributed by atoms with Crippen molar-refractivity contribution < 1.29 is 24.1 Å². The van der Waals surface area contributed by atoms with Crippen LogP contribution in [0.15, 0.2) is 29.6 Å². The molecule has 1 fully saturated rings. The molecule has 182 valence electrons. The van der Waals surface area contributed by atoms with E-state index in [1.807, 2.05) is 30.5 Å². The second-order valence-electron chi connectivity index (χ2n) is 8.84. The van der Waals surface area contributed by atoms with Gasteiger partial charge in [0.05, 0.1) is 18.8 Å². The van der Waals surface area contributed by atoms with Crippen molar-refractivity contribution in [3.8, 4) is 0 Å². The predicted octanol–water partition coefficient (Wildman–Crippen LogP) is 3.91. The maximum Gasteiger partial charge on any atom is 0.303 e. The van der Waals surface area contributed by atoms with E-state index in [-0.39, 0.29) is 24.9 Å². The van der Waals surface area contributed by atoms with Crippen LogP contribution in [0.2, 0.25) is 0 Å². The third kappa shape index (κ3) is 7.86. The lowest BCUT2D eigenvalue weighted by molar-refractivity contribution is -0.136. The van der Waals surface area contributed by atoms with Crippen molar-refractivity contribution in [3.05, 3.63) is 57.0 Å². The molecule has 1 aromatic carbocycles. The Hall–Kier alpha value is -1.84. The van der Waals surface area contributed by atoms with Gasteiger partial charge >= 0.3 is 5.97 Å². The highest BCUT2D eigenvalue weighted by atomic mass is 32.1. The third-order valence-electron chi connectivity index (χ3n) is 6.20. The number of hydrogen-bond donors (Lipinski definition) is 3. The molecule has 0 bridgehead atoms. The standard InChI is InChI=1S/C25H35FN2O4S/c1-17-5-6-19(13-23(17)26)12-21-4-3-10-28(21)16-27-14-22(29)15-32-18(2)25-20(9-11-33-25)7-8-24(30)31/h5-6,9,11,13,18,21-22,27,29H,3-4,7-8,10,12,14-16H2,1-2H3,(H,30,31)/t18?,21-,22+/m0/s1. The summed E-state index contributed by atoms with van der Waals surface area (Å²) in [6.07, 6.45) is 2.79. The van der Waals surface area contributed by atoms with Crippen LogP contribution in [0.25, 0.3) is 0 Å². The van der Waals surface area contributed by atoms with E-state index in [0.29, 0.717) is 31.2 Å². The van der Waals surface area contributed by atoms with Crippen LogP contribution >= 0.6 is 11.3 Å². The summed E-state index contributed by atoms with van der Waals surface area (Å²) in [7, 11) is 0. The highest BCUT2D eigenvalue weighted by molar-refractivity contribution is 7.10. The van der Waals surface area contributed by atoms with Crippen LogP contribution < -0.4 is 5.32 Å². The molecule has 1 aliphatic heterocycles. The normalized spacial score (nSPS) is 18.5. The first-order valence-corrected chi connectivity index (χ1v) is 12.5. The molecule has 3 atom stereocenters. The fourth-order valence-electron chi connectivity index (χ4n) is 4.29. The number of aliphatic hydroxyl groups is 1. The van der Waals surface area contributed by atoms with Gasteiger partial charge in [0.1, 0.15) is 5.82 Å². The van der Waals surface area contributed by atoms with Crippen LogP contribution in [-0.2, 0) is 22.4 Å². The van der Waals surface area contributed by atoms with E-state index in [1.54, 1.807) is 24.3 Å². The summed E-state index contributed by atoms with van der Waals surface area (Å²) in [6.45, 7) is 6.00. The molecule has 3 N–H and O–H groups in total. The van der Waals surface area contributed by atoms with Crippen molar-refractivity contribution in [2.24, 2.45) is 0 Å². The second kappa shape index (κ2) is 12.6. The monoisotopic (exact) mass is 478 g/mol. The van der Waals surface area contributed by atoms with E-state index in [9.17, 15) is 14.3 Å². The number of carboxylic acids is 1. The number of aliphatic carboxylic acids is 1. The smallest absolute Gasteiger partial charge is 0.303 e. The van der Waals surface area contributed by atoms with Crippen molar-refractivity contribution in [3.63, 3.8) is 0 Å². The highest BCUT2D eigenvalue weighted by Crippen LogP contribution is 2.28. The molecular weight excluding hydrogens is 443 g/mol. The van der Waals surface area contributed by atoms with E-state index in [2.05, 4.69) is 10.2 Å². The summed E-state index contributed by atoms with van der Waals surface area (Å²) >= 11 is 1.55. The van der Waals surface area contributed by atoms with E-state index >= 15 is 0 Å². The molecular formula is C25H35FN2O4S. The van der Waals surface area contributed by atoms with Crippen LogP contribution in [0, 0.1) is 12.7 Å². The summed E-state index contributed by atoms with van der Waals surface area (Å²) in [5.74, 6) is -0.961. The Balaban J connectivity index is 1.38. The summed E-state index contributed by atoms with van der Waals surface area (Å²) < 4.78 is 19.7. The minimum absolute atomic E-state index is 0.0966. The summed E-state index contributed by atoms with van der Waals surface area (Å²) in [5, 5.41) is 24.5. The third-order valence-corrected chi connectivity index (χ3v) is 7.32. The van der Waals surface area contributed by atoms with Gasteiger partial charge in [-0.05, 0) is 80.3 Å². The molecule has 8 heteroatoms. The van der Waals surface area contributed by atoms with Gasteiger partial charge in [0.2, 0.25) is 0 Å². The fourth-order valence-corrected chi connectivity index (χ4v) is 5.25. The SMILES string of the molecule is Cc1ccc(C[C@@H]2CCCN2CNC[C@@H](O)COC(C)c2sccc2CCC(=O)O)cc1F. The number of carboxylic acid groups (broad SMARTS) is 1. The number of nitrogens with one attached hydrogen (secondary N) is 1. The van der Waals surface area contributed by atoms with E-state index in [1.165, 1.54) is 0 Å². The van der Waals surface area contributed by atoms with E-state index in [4.69, 9.17) is 9.84 Å². The van der Waals surface area contributed by atoms with E-state index < -0.39 is 12.1 Å². The Morgan fingerprint density at radius 1 is 1.39 bits per heavy atom. The van der Waals surface area contributed by atoms with Gasteiger partial charge in [0, 0.05) is 30.6 Å². The van der Waals surface area contributed by atoms with Gasteiger partial charge in [0.25, 0.3) is 0 Å². The van der Waals surface area contributed by atoms with Crippen molar-refractivity contribution in [2.75, 3.05) is 26.4 Å². The molecule has 0 amide bonds. The number of thiophene rings is 1. The minimum Gasteiger partial charge on any atom is -0.481 e. The first-order valence-electron chi connectivity index (χ1n) is 11.6. The number of aliphatic hydroxyl groups excluding tert-OH is 1. The van der Waals surface area contributed by atoms with Crippen LogP contribution in [-0.4, -0.2) is 59.6 Å². The fraction of sp³-hybridized carbons (Fsp3) is 0.560. The van der Waals surface area contributed by atoms with Crippen molar-refractivity contribution in [1.29, 1.82) is 0 Å². The summed E-state index contributed by atoms with van der Waals surface area (Å²) in [4.78, 5) is 14.2. The molecule has 1 aromatic heterocycles. The number of nitrogens with zero attached hydrogens (tertiary/aromatic N) is 1. The van der Waals surface area contributed by atoms with Crippen LogP contribution in [0.3, 0.4) is 0 Å². The Morgan fingerprint density at radius 2 is 2.21 bits per heavy atom. The van der Waals surface area contributed by atoms with Crippen molar-refractivity contribution in [2.45, 2.75) is 64.2 Å². The number of ether oxygens (including phenoxy) is 1. The number of carbonyl (C=O) groups is 1. The highest BCUT2D eigenvalue weighted by Gasteiger charge is 2.24. The van der Waals surface area contributed by atoms with Crippen LogP contribution in [0.5, 0.6) is 0 Å². The van der Waals surface area contributed by atoms with Crippen molar-refractivity contribution >= 4 is 17.3 Å². The Kier molecular flexibility index (Phi) is 9.82. The lowest BCUT2D eigenvalue weighted by Crippen LogP contribution is -2.42. The summed E-state index contributed by atoms with van der Waals surface area (Å²) in [5.41, 5.74) is 2.69. The summed E-state index contributed by atoms with van der Waals surface area (Å²) in [6, 6.07) is 7.80. The number of benzene rings is 1. The Morgan fingerprint density at radius 3 is 2.97 bits per heavy atom. The quantitative estimate of drug-likeness (QED) is 0.405. The first-order chi connectivity index (χ1) is 15.8. The van der Waals surface area contributed by atoms with Gasteiger partial charge in [-0.2, -0.15) is 0 Å². The first kappa shape index (κ1) is 25.8. The second-order valence-corrected chi connectivity index (χ2v) is 9.79. The predicted molar refractivity (Wildman–Crippen MR) is 128 cm³/mol. The van der Waals surface area contributed by atoms with Crippen LogP contribution in [0.1, 0.15) is 53.9 Å². The molecule has 1 unspecified atom stereocenters. The zero-order valence-electron chi connectivity index (χ0n) is 19.4. The molecule has 2 aromatic rings. The molecule has 1 saturated heterocycles. The van der Waals surface area contributed by atoms with Gasteiger partial charge in [-0.1, -0.05) is 12.1 Å². The maximum absolute atomic E-state index is 13.9. The molecule has 2 heterocycles. The van der Waals surface area contributed by atoms with Gasteiger partial charge in [-0.3, -0.25) is 9.69 Å². The topological polar surface area (TPSA) is 82.0 Å². The zero-order chi connectivity index (χ0) is 23.8. The molecule has 0 spiro atoms. The van der Waals surface area contributed by atoms with E-state index in [0.717, 1.165) is 41.8 Å². The average Bonchev–Trinajstić information content (AvgIpc) is 3.42. The molecule has 1 aliphatic rings. The minimum atomic E-state index is -0.812. The molecule has 6 nitrogen and oxygen atoms in total. The molecule has 3 rings (SSSR count). The van der Waals surface area contributed by atoms with Crippen LogP contribution in [0.4, 0.5) is 4.39 Å². The Labute approximate surface area is 199 Å². The average molecular weight is 479 g/mol. The largest absolute Gasteiger partial charge is 0.481 e. The van der Waals surface area contributed by atoms with Gasteiger partial charge in [-0.15, -0.1) is 11.3 Å². The molecule has 0 radical (unpaired) electrons. The van der Waals surface area contributed by atoms with Gasteiger partial charge in [-0.25, -0.2) is 4.39 Å². The van der Waals surface area contributed by atoms with Crippen molar-refractivity contribution in [1.82, 2.24) is 10.2 Å². The number of likely N-dealkylation sites (tertiary alicyclic amines) is 1. The number of halogens is 1. The Bertz CT molecular complexity index is 906. The lowest BCUT2D eigenvalue weighted by Gasteiger charge is -2.26. The lowest BCUT2D eigenvalue weighted by atomic mass is 10.0. The zero-order valence-corrected chi connectivity index (χ0v) is 20.2. The maximum atomic E-state index is 13.9. The number of hydrogen-bond acceptors (Lipinski definition) is 6. The molecule has 0 aliphatic carbocycles.